The average molecular weight is 361 g/mol. The maximum Gasteiger partial charge on any atom is 0.222 e. The van der Waals surface area contributed by atoms with Gasteiger partial charge in [0.25, 0.3) is 0 Å². The Hall–Kier alpha value is -1.84. The molecular weight excluding hydrogens is 324 g/mol. The first-order valence-electron chi connectivity index (χ1n) is 10.1. The van der Waals surface area contributed by atoms with Gasteiger partial charge < -0.3 is 9.80 Å². The second kappa shape index (κ2) is 11.7. The zero-order chi connectivity index (χ0) is 19.5. The lowest BCUT2D eigenvalue weighted by molar-refractivity contribution is -0.131. The van der Waals surface area contributed by atoms with Crippen LogP contribution in [0.2, 0.25) is 0 Å². The first kappa shape index (κ1) is 22.2. The molecule has 0 N–H and O–H groups in total. The number of rotatable bonds is 7. The van der Waals surface area contributed by atoms with Gasteiger partial charge in [-0.15, -0.1) is 0 Å². The van der Waals surface area contributed by atoms with Gasteiger partial charge in [0, 0.05) is 43.9 Å². The van der Waals surface area contributed by atoms with E-state index >= 15 is 0 Å². The summed E-state index contributed by atoms with van der Waals surface area (Å²) in [5.74, 6) is 1.09. The average Bonchev–Trinajstić information content (AvgIpc) is 2.66. The molecule has 0 atom stereocenters. The fourth-order valence-corrected chi connectivity index (χ4v) is 3.12. The Balaban J connectivity index is 0.00000163. The second-order valence-electron chi connectivity index (χ2n) is 7.11. The van der Waals surface area contributed by atoms with Crippen LogP contribution in [0.15, 0.2) is 24.3 Å². The Bertz CT molecular complexity index is 561. The van der Waals surface area contributed by atoms with E-state index in [9.17, 15) is 9.59 Å². The summed E-state index contributed by atoms with van der Waals surface area (Å²) in [4.78, 5) is 28.1. The Morgan fingerprint density at radius 3 is 2.27 bits per heavy atom. The topological polar surface area (TPSA) is 40.6 Å². The molecule has 0 bridgehead atoms. The largest absolute Gasteiger partial charge is 0.368 e. The number of carbonyl (C=O) groups is 2. The predicted molar refractivity (Wildman–Crippen MR) is 110 cm³/mol. The number of unbranched alkanes of at least 4 members (excludes halogenated alkanes) is 1. The summed E-state index contributed by atoms with van der Waals surface area (Å²) < 4.78 is 0. The fourth-order valence-electron chi connectivity index (χ4n) is 3.12. The van der Waals surface area contributed by atoms with Crippen LogP contribution in [-0.4, -0.2) is 42.8 Å². The smallest absolute Gasteiger partial charge is 0.222 e. The summed E-state index contributed by atoms with van der Waals surface area (Å²) in [6, 6.07) is 7.77. The van der Waals surface area contributed by atoms with E-state index in [0.717, 1.165) is 56.2 Å². The number of benzene rings is 1. The molecule has 4 nitrogen and oxygen atoms in total. The molecule has 0 saturated carbocycles. The quantitative estimate of drug-likeness (QED) is 0.519. The van der Waals surface area contributed by atoms with Gasteiger partial charge in [-0.25, -0.2) is 0 Å². The Morgan fingerprint density at radius 2 is 1.69 bits per heavy atom. The second-order valence-corrected chi connectivity index (χ2v) is 7.11. The summed E-state index contributed by atoms with van der Waals surface area (Å²) in [6.07, 6.45) is 4.01. The van der Waals surface area contributed by atoms with Gasteiger partial charge in [-0.3, -0.25) is 9.59 Å². The minimum atomic E-state index is 0.0899. The third-order valence-corrected chi connectivity index (χ3v) is 4.67. The van der Waals surface area contributed by atoms with Crippen LogP contribution in [0.4, 0.5) is 5.69 Å². The van der Waals surface area contributed by atoms with E-state index < -0.39 is 0 Å². The highest BCUT2D eigenvalue weighted by Gasteiger charge is 2.21. The molecule has 2 rings (SSSR count). The molecule has 0 spiro atoms. The van der Waals surface area contributed by atoms with Gasteiger partial charge in [-0.05, 0) is 31.4 Å². The van der Waals surface area contributed by atoms with Gasteiger partial charge in [0.1, 0.15) is 0 Å². The molecule has 1 amide bonds. The lowest BCUT2D eigenvalue weighted by atomic mass is 10.0. The molecule has 0 aromatic heterocycles. The number of amides is 1. The first-order valence-corrected chi connectivity index (χ1v) is 10.1. The van der Waals surface area contributed by atoms with Crippen molar-refractivity contribution in [3.63, 3.8) is 0 Å². The molecule has 1 aliphatic rings. The van der Waals surface area contributed by atoms with Gasteiger partial charge in [-0.1, -0.05) is 52.7 Å². The van der Waals surface area contributed by atoms with Crippen molar-refractivity contribution in [1.29, 1.82) is 0 Å². The molecule has 1 saturated heterocycles. The summed E-state index contributed by atoms with van der Waals surface area (Å²) in [5.41, 5.74) is 1.82. The molecule has 1 aromatic rings. The number of hydrogen-bond donors (Lipinski definition) is 0. The van der Waals surface area contributed by atoms with Crippen molar-refractivity contribution in [2.75, 3.05) is 31.1 Å². The van der Waals surface area contributed by atoms with Crippen molar-refractivity contribution in [2.24, 2.45) is 5.92 Å². The molecule has 1 aliphatic heterocycles. The van der Waals surface area contributed by atoms with E-state index in [-0.39, 0.29) is 11.7 Å². The Morgan fingerprint density at radius 1 is 1.04 bits per heavy atom. The van der Waals surface area contributed by atoms with Crippen molar-refractivity contribution in [3.8, 4) is 0 Å². The van der Waals surface area contributed by atoms with Crippen LogP contribution in [0, 0.1) is 5.92 Å². The molecular formula is C22H36N2O2. The van der Waals surface area contributed by atoms with Crippen LogP contribution in [-0.2, 0) is 4.79 Å². The highest BCUT2D eigenvalue weighted by Crippen LogP contribution is 2.19. The van der Waals surface area contributed by atoms with Crippen LogP contribution in [0.1, 0.15) is 70.7 Å². The molecule has 0 unspecified atom stereocenters. The zero-order valence-corrected chi connectivity index (χ0v) is 17.3. The zero-order valence-electron chi connectivity index (χ0n) is 17.3. The van der Waals surface area contributed by atoms with Crippen LogP contribution >= 0.6 is 0 Å². The number of nitrogens with zero attached hydrogens (tertiary/aromatic N) is 2. The van der Waals surface area contributed by atoms with Crippen molar-refractivity contribution in [1.82, 2.24) is 4.90 Å². The van der Waals surface area contributed by atoms with Gasteiger partial charge in [0.2, 0.25) is 5.91 Å². The highest BCUT2D eigenvalue weighted by molar-refractivity contribution is 5.95. The highest BCUT2D eigenvalue weighted by atomic mass is 16.2. The number of anilines is 1. The SMILES string of the molecule is CC.CC(=O)c1cccc(N2CCN(C(=O)CCCCC(C)C)CC2)c1. The van der Waals surface area contributed by atoms with Gasteiger partial charge in [0.05, 0.1) is 0 Å². The number of piperazine rings is 1. The number of ketones is 1. The number of Topliss-reactive ketones (excluding diaryl/α,β-unsaturated/α-hetero) is 1. The molecule has 0 radical (unpaired) electrons. The van der Waals surface area contributed by atoms with E-state index in [1.54, 1.807) is 6.92 Å². The lowest BCUT2D eigenvalue weighted by Gasteiger charge is -2.36. The van der Waals surface area contributed by atoms with Crippen LogP contribution in [0.5, 0.6) is 0 Å². The van der Waals surface area contributed by atoms with E-state index in [2.05, 4.69) is 18.7 Å². The van der Waals surface area contributed by atoms with E-state index in [1.807, 2.05) is 43.0 Å². The van der Waals surface area contributed by atoms with Crippen molar-refractivity contribution in [2.45, 2.75) is 60.3 Å². The number of carbonyl (C=O) groups excluding carboxylic acids is 2. The molecule has 0 aliphatic carbocycles. The molecule has 1 fully saturated rings. The summed E-state index contributed by atoms with van der Waals surface area (Å²) >= 11 is 0. The normalized spacial score (nSPS) is 14.1. The lowest BCUT2D eigenvalue weighted by Crippen LogP contribution is -2.48. The molecule has 146 valence electrons. The molecule has 1 heterocycles. The standard InChI is InChI=1S/C20H30N2O2.C2H6/c1-16(2)7-4-5-10-20(24)22-13-11-21(12-14-22)19-9-6-8-18(15-19)17(3)23;1-2/h6,8-9,15-16H,4-5,7,10-14H2,1-3H3;1-2H3. The monoisotopic (exact) mass is 360 g/mol. The predicted octanol–water partition coefficient (Wildman–Crippen LogP) is 4.78. The van der Waals surface area contributed by atoms with Crippen LogP contribution < -0.4 is 4.90 Å². The Kier molecular flexibility index (Phi) is 10.0. The summed E-state index contributed by atoms with van der Waals surface area (Å²) in [7, 11) is 0. The van der Waals surface area contributed by atoms with Gasteiger partial charge in [-0.2, -0.15) is 0 Å². The molecule has 4 heteroatoms. The summed E-state index contributed by atoms with van der Waals surface area (Å²) in [5, 5.41) is 0. The van der Waals surface area contributed by atoms with Crippen molar-refractivity contribution < 1.29 is 9.59 Å². The van der Waals surface area contributed by atoms with Crippen molar-refractivity contribution >= 4 is 17.4 Å². The van der Waals surface area contributed by atoms with E-state index in [4.69, 9.17) is 0 Å². The third kappa shape index (κ3) is 7.19. The maximum atomic E-state index is 12.3. The van der Waals surface area contributed by atoms with Gasteiger partial charge in [0.15, 0.2) is 5.78 Å². The van der Waals surface area contributed by atoms with E-state index in [0.29, 0.717) is 6.42 Å². The maximum absolute atomic E-state index is 12.3. The van der Waals surface area contributed by atoms with Crippen LogP contribution in [0.25, 0.3) is 0 Å². The minimum Gasteiger partial charge on any atom is -0.368 e. The molecule has 26 heavy (non-hydrogen) atoms. The number of hydrogen-bond acceptors (Lipinski definition) is 3. The summed E-state index contributed by atoms with van der Waals surface area (Å²) in [6.45, 7) is 13.2. The van der Waals surface area contributed by atoms with Crippen molar-refractivity contribution in [3.05, 3.63) is 29.8 Å². The van der Waals surface area contributed by atoms with E-state index in [1.165, 1.54) is 6.42 Å². The van der Waals surface area contributed by atoms with Crippen LogP contribution in [0.3, 0.4) is 0 Å². The molecule has 1 aromatic carbocycles. The first-order chi connectivity index (χ1) is 12.5. The van der Waals surface area contributed by atoms with Gasteiger partial charge >= 0.3 is 0 Å². The fraction of sp³-hybridized carbons (Fsp3) is 0.636. The third-order valence-electron chi connectivity index (χ3n) is 4.67. The Labute approximate surface area is 159 Å². The minimum absolute atomic E-state index is 0.0899.